The fraction of sp³-hybridized carbons (Fsp3) is 0.727. The molecule has 1 saturated heterocycles. The van der Waals surface area contributed by atoms with Gasteiger partial charge in [-0.25, -0.2) is 4.79 Å². The molecular weight excluding hydrogens is 240 g/mol. The van der Waals surface area contributed by atoms with E-state index >= 15 is 0 Å². The first-order valence-electron chi connectivity index (χ1n) is 5.87. The standard InChI is InChI=1S/C11H18N2O5/c1-18-9(14)4-5-12-11(17)13-6-2-3-8(7-13)10(15)16/h8H,2-7H2,1H3,(H,12,17)(H,15,16)/t8-/m1/s1. The average Bonchev–Trinajstić information content (AvgIpc) is 2.38. The number of carboxylic acids is 1. The number of hydrogen-bond acceptors (Lipinski definition) is 4. The Bertz CT molecular complexity index is 331. The number of aliphatic carboxylic acids is 1. The quantitative estimate of drug-likeness (QED) is 0.695. The summed E-state index contributed by atoms with van der Waals surface area (Å²) in [5.41, 5.74) is 0. The Morgan fingerprint density at radius 2 is 2.17 bits per heavy atom. The van der Waals surface area contributed by atoms with Crippen LogP contribution in [0.25, 0.3) is 0 Å². The first-order chi connectivity index (χ1) is 8.54. The maximum atomic E-state index is 11.7. The summed E-state index contributed by atoms with van der Waals surface area (Å²) in [5, 5.41) is 11.5. The molecule has 0 saturated carbocycles. The number of likely N-dealkylation sites (tertiary alicyclic amines) is 1. The van der Waals surface area contributed by atoms with Gasteiger partial charge in [-0.1, -0.05) is 0 Å². The van der Waals surface area contributed by atoms with E-state index in [2.05, 4.69) is 10.1 Å². The zero-order valence-electron chi connectivity index (χ0n) is 10.3. The van der Waals surface area contributed by atoms with E-state index in [9.17, 15) is 14.4 Å². The van der Waals surface area contributed by atoms with Crippen molar-refractivity contribution < 1.29 is 24.2 Å². The van der Waals surface area contributed by atoms with E-state index in [0.717, 1.165) is 0 Å². The van der Waals surface area contributed by atoms with Crippen LogP contribution >= 0.6 is 0 Å². The van der Waals surface area contributed by atoms with Gasteiger partial charge in [0.05, 0.1) is 19.4 Å². The second-order valence-electron chi connectivity index (χ2n) is 4.18. The SMILES string of the molecule is COC(=O)CCNC(=O)N1CCC[C@@H](C(=O)O)C1. The van der Waals surface area contributed by atoms with Crippen molar-refractivity contribution in [3.05, 3.63) is 0 Å². The Morgan fingerprint density at radius 1 is 1.44 bits per heavy atom. The van der Waals surface area contributed by atoms with Crippen LogP contribution in [0.1, 0.15) is 19.3 Å². The molecule has 1 aliphatic rings. The molecule has 1 atom stereocenters. The highest BCUT2D eigenvalue weighted by molar-refractivity contribution is 5.77. The highest BCUT2D eigenvalue weighted by Gasteiger charge is 2.27. The predicted octanol–water partition coefficient (Wildman–Crippen LogP) is 0.0557. The van der Waals surface area contributed by atoms with Crippen molar-refractivity contribution in [3.63, 3.8) is 0 Å². The second-order valence-corrected chi connectivity index (χ2v) is 4.18. The van der Waals surface area contributed by atoms with E-state index in [1.165, 1.54) is 12.0 Å². The molecule has 1 heterocycles. The first-order valence-corrected chi connectivity index (χ1v) is 5.87. The van der Waals surface area contributed by atoms with E-state index in [1.807, 2.05) is 0 Å². The van der Waals surface area contributed by atoms with Crippen LogP contribution in [-0.4, -0.2) is 54.7 Å². The number of carbonyl (C=O) groups is 3. The van der Waals surface area contributed by atoms with E-state index in [-0.39, 0.29) is 25.5 Å². The molecule has 0 radical (unpaired) electrons. The number of esters is 1. The van der Waals surface area contributed by atoms with Crippen molar-refractivity contribution in [3.8, 4) is 0 Å². The lowest BCUT2D eigenvalue weighted by molar-refractivity contribution is -0.143. The van der Waals surface area contributed by atoms with E-state index < -0.39 is 17.9 Å². The number of piperidine rings is 1. The summed E-state index contributed by atoms with van der Waals surface area (Å²) >= 11 is 0. The Hall–Kier alpha value is -1.79. The van der Waals surface area contributed by atoms with Gasteiger partial charge in [0, 0.05) is 19.6 Å². The minimum atomic E-state index is -0.873. The summed E-state index contributed by atoms with van der Waals surface area (Å²) in [5.74, 6) is -1.76. The number of carboxylic acid groups (broad SMARTS) is 1. The minimum absolute atomic E-state index is 0.110. The van der Waals surface area contributed by atoms with Crippen molar-refractivity contribution >= 4 is 18.0 Å². The number of amides is 2. The van der Waals surface area contributed by atoms with Crippen LogP contribution in [0.3, 0.4) is 0 Å². The molecular formula is C11H18N2O5. The Balaban J connectivity index is 2.32. The molecule has 0 bridgehead atoms. The molecule has 1 aliphatic heterocycles. The summed E-state index contributed by atoms with van der Waals surface area (Å²) < 4.78 is 4.44. The number of nitrogens with zero attached hydrogens (tertiary/aromatic N) is 1. The lowest BCUT2D eigenvalue weighted by Crippen LogP contribution is -2.47. The molecule has 2 N–H and O–H groups in total. The van der Waals surface area contributed by atoms with E-state index in [1.54, 1.807) is 0 Å². The molecule has 7 heteroatoms. The molecule has 0 spiro atoms. The van der Waals surface area contributed by atoms with E-state index in [0.29, 0.717) is 19.4 Å². The summed E-state index contributed by atoms with van der Waals surface area (Å²) in [6, 6.07) is -0.329. The van der Waals surface area contributed by atoms with Gasteiger partial charge in [-0.05, 0) is 12.8 Å². The number of nitrogens with one attached hydrogen (secondary N) is 1. The van der Waals surface area contributed by atoms with Crippen LogP contribution in [0.2, 0.25) is 0 Å². The van der Waals surface area contributed by atoms with Gasteiger partial charge in [0.25, 0.3) is 0 Å². The maximum Gasteiger partial charge on any atom is 0.317 e. The zero-order chi connectivity index (χ0) is 13.5. The van der Waals surface area contributed by atoms with Gasteiger partial charge in [-0.15, -0.1) is 0 Å². The van der Waals surface area contributed by atoms with Gasteiger partial charge in [0.1, 0.15) is 0 Å². The topological polar surface area (TPSA) is 95.9 Å². The molecule has 0 aliphatic carbocycles. The number of ether oxygens (including phenoxy) is 1. The third-order valence-corrected chi connectivity index (χ3v) is 2.89. The lowest BCUT2D eigenvalue weighted by Gasteiger charge is -2.30. The molecule has 7 nitrogen and oxygen atoms in total. The third kappa shape index (κ3) is 4.23. The Labute approximate surface area is 105 Å². The molecule has 1 rings (SSSR count). The van der Waals surface area contributed by atoms with E-state index in [4.69, 9.17) is 5.11 Å². The monoisotopic (exact) mass is 258 g/mol. The number of rotatable bonds is 4. The fourth-order valence-electron chi connectivity index (χ4n) is 1.85. The number of methoxy groups -OCH3 is 1. The van der Waals surface area contributed by atoms with Crippen molar-refractivity contribution in [2.24, 2.45) is 5.92 Å². The average molecular weight is 258 g/mol. The summed E-state index contributed by atoms with van der Waals surface area (Å²) in [6.45, 7) is 0.965. The lowest BCUT2D eigenvalue weighted by atomic mass is 9.99. The normalized spacial score (nSPS) is 19.2. The molecule has 0 aromatic heterocycles. The van der Waals surface area contributed by atoms with Gasteiger partial charge in [0.15, 0.2) is 0 Å². The van der Waals surface area contributed by atoms with Gasteiger partial charge >= 0.3 is 18.0 Å². The smallest absolute Gasteiger partial charge is 0.317 e. The summed E-state index contributed by atoms with van der Waals surface area (Å²) in [6.07, 6.45) is 1.39. The van der Waals surface area contributed by atoms with Gasteiger partial charge in [0.2, 0.25) is 0 Å². The van der Waals surface area contributed by atoms with Gasteiger partial charge in [-0.3, -0.25) is 9.59 Å². The van der Waals surface area contributed by atoms with Crippen molar-refractivity contribution in [1.29, 1.82) is 0 Å². The van der Waals surface area contributed by atoms with Crippen LogP contribution in [0, 0.1) is 5.92 Å². The van der Waals surface area contributed by atoms with Crippen LogP contribution in [-0.2, 0) is 14.3 Å². The van der Waals surface area contributed by atoms with Crippen LogP contribution in [0.5, 0.6) is 0 Å². The highest BCUT2D eigenvalue weighted by Crippen LogP contribution is 2.16. The number of urea groups is 1. The molecule has 1 fully saturated rings. The summed E-state index contributed by atoms with van der Waals surface area (Å²) in [7, 11) is 1.28. The van der Waals surface area contributed by atoms with Crippen LogP contribution in [0.4, 0.5) is 4.79 Å². The van der Waals surface area contributed by atoms with Gasteiger partial charge < -0.3 is 20.1 Å². The molecule has 18 heavy (non-hydrogen) atoms. The van der Waals surface area contributed by atoms with Crippen LogP contribution < -0.4 is 5.32 Å². The summed E-state index contributed by atoms with van der Waals surface area (Å²) in [4.78, 5) is 34.9. The maximum absolute atomic E-state index is 11.7. The van der Waals surface area contributed by atoms with Crippen LogP contribution in [0.15, 0.2) is 0 Å². The molecule has 2 amide bonds. The predicted molar refractivity (Wildman–Crippen MR) is 62.0 cm³/mol. The third-order valence-electron chi connectivity index (χ3n) is 2.89. The first kappa shape index (κ1) is 14.3. The zero-order valence-corrected chi connectivity index (χ0v) is 10.3. The van der Waals surface area contributed by atoms with Crippen molar-refractivity contribution in [2.75, 3.05) is 26.7 Å². The molecule has 102 valence electrons. The molecule has 0 unspecified atom stereocenters. The highest BCUT2D eigenvalue weighted by atomic mass is 16.5. The Morgan fingerprint density at radius 3 is 2.78 bits per heavy atom. The largest absolute Gasteiger partial charge is 0.481 e. The number of carbonyl (C=O) groups excluding carboxylic acids is 2. The fourth-order valence-corrected chi connectivity index (χ4v) is 1.85. The molecule has 0 aromatic carbocycles. The molecule has 0 aromatic rings. The Kier molecular flexibility index (Phi) is 5.41. The number of hydrogen-bond donors (Lipinski definition) is 2. The van der Waals surface area contributed by atoms with Crippen molar-refractivity contribution in [1.82, 2.24) is 10.2 Å². The second kappa shape index (κ2) is 6.83. The van der Waals surface area contributed by atoms with Gasteiger partial charge in [-0.2, -0.15) is 0 Å². The van der Waals surface area contributed by atoms with Crippen molar-refractivity contribution in [2.45, 2.75) is 19.3 Å². The minimum Gasteiger partial charge on any atom is -0.481 e.